The van der Waals surface area contributed by atoms with Crippen LogP contribution in [0.25, 0.3) is 0 Å². The van der Waals surface area contributed by atoms with E-state index in [1.165, 1.54) is 18.2 Å². The van der Waals surface area contributed by atoms with Crippen molar-refractivity contribution in [1.29, 1.82) is 0 Å². The zero-order valence-corrected chi connectivity index (χ0v) is 16.0. The lowest BCUT2D eigenvalue weighted by atomic mass is 10.2. The van der Waals surface area contributed by atoms with Gasteiger partial charge in [0.2, 0.25) is 0 Å². The molecule has 0 heterocycles. The fourth-order valence-corrected chi connectivity index (χ4v) is 3.64. The number of hydrogen-bond acceptors (Lipinski definition) is 3. The fraction of sp³-hybridized carbons (Fsp3) is 0.0500. The molecular weight excluding hydrogens is 384 g/mol. The number of halogens is 1. The van der Waals surface area contributed by atoms with E-state index in [0.29, 0.717) is 22.0 Å². The highest BCUT2D eigenvalue weighted by Gasteiger charge is 2.15. The van der Waals surface area contributed by atoms with E-state index in [1.54, 1.807) is 54.6 Å². The summed E-state index contributed by atoms with van der Waals surface area (Å²) in [6, 6.07) is 19.6. The number of sulfonamides is 1. The Morgan fingerprint density at radius 3 is 2.33 bits per heavy atom. The fourth-order valence-electron chi connectivity index (χ4n) is 2.41. The maximum absolute atomic E-state index is 12.5. The standard InChI is InChI=1S/C20H17ClN2O3S/c1-14-9-11-17(12-10-14)27(25,26)23-16-6-4-5-15(13-16)20(24)22-19-8-3-2-7-18(19)21/h2-13,23H,1H3,(H,22,24). The van der Waals surface area contributed by atoms with Crippen LogP contribution in [-0.2, 0) is 10.0 Å². The van der Waals surface area contributed by atoms with Crippen molar-refractivity contribution in [2.24, 2.45) is 0 Å². The largest absolute Gasteiger partial charge is 0.321 e. The second-order valence-electron chi connectivity index (χ2n) is 5.93. The molecule has 0 bridgehead atoms. The molecular formula is C20H17ClN2O3S. The first-order chi connectivity index (χ1) is 12.8. The first kappa shape index (κ1) is 18.9. The van der Waals surface area contributed by atoms with Gasteiger partial charge in [0.15, 0.2) is 0 Å². The first-order valence-corrected chi connectivity index (χ1v) is 9.97. The van der Waals surface area contributed by atoms with Gasteiger partial charge >= 0.3 is 0 Å². The average molecular weight is 401 g/mol. The predicted octanol–water partition coefficient (Wildman–Crippen LogP) is 4.70. The molecule has 27 heavy (non-hydrogen) atoms. The van der Waals surface area contributed by atoms with E-state index in [0.717, 1.165) is 5.56 Å². The zero-order chi connectivity index (χ0) is 19.4. The summed E-state index contributed by atoms with van der Waals surface area (Å²) in [6.45, 7) is 1.88. The first-order valence-electron chi connectivity index (χ1n) is 8.10. The number of carbonyl (C=O) groups is 1. The van der Waals surface area contributed by atoms with Gasteiger partial charge in [-0.3, -0.25) is 9.52 Å². The molecule has 0 saturated carbocycles. The molecule has 0 radical (unpaired) electrons. The van der Waals surface area contributed by atoms with Crippen LogP contribution in [0.3, 0.4) is 0 Å². The molecule has 0 aliphatic carbocycles. The molecule has 1 amide bonds. The molecule has 0 aromatic heterocycles. The maximum atomic E-state index is 12.5. The van der Waals surface area contributed by atoms with E-state index in [-0.39, 0.29) is 10.8 Å². The second kappa shape index (κ2) is 7.82. The Kier molecular flexibility index (Phi) is 5.48. The van der Waals surface area contributed by atoms with Gasteiger partial charge in [-0.15, -0.1) is 0 Å². The van der Waals surface area contributed by atoms with Crippen molar-refractivity contribution in [2.45, 2.75) is 11.8 Å². The number of anilines is 2. The van der Waals surface area contributed by atoms with Gasteiger partial charge in [0.1, 0.15) is 0 Å². The van der Waals surface area contributed by atoms with Gasteiger partial charge < -0.3 is 5.32 Å². The monoisotopic (exact) mass is 400 g/mol. The van der Waals surface area contributed by atoms with Crippen molar-refractivity contribution in [3.05, 3.63) is 88.9 Å². The minimum Gasteiger partial charge on any atom is -0.321 e. The number of carbonyl (C=O) groups excluding carboxylic acids is 1. The van der Waals surface area contributed by atoms with Crippen LogP contribution in [0.1, 0.15) is 15.9 Å². The Balaban J connectivity index is 1.80. The van der Waals surface area contributed by atoms with Crippen molar-refractivity contribution >= 4 is 38.9 Å². The van der Waals surface area contributed by atoms with Crippen LogP contribution in [0.15, 0.2) is 77.7 Å². The number of nitrogens with one attached hydrogen (secondary N) is 2. The number of benzene rings is 3. The molecule has 5 nitrogen and oxygen atoms in total. The maximum Gasteiger partial charge on any atom is 0.261 e. The Hall–Kier alpha value is -2.83. The van der Waals surface area contributed by atoms with E-state index in [2.05, 4.69) is 10.0 Å². The minimum atomic E-state index is -3.74. The van der Waals surface area contributed by atoms with Gasteiger partial charge in [-0.2, -0.15) is 0 Å². The Morgan fingerprint density at radius 2 is 1.63 bits per heavy atom. The molecule has 0 unspecified atom stereocenters. The van der Waals surface area contributed by atoms with E-state index >= 15 is 0 Å². The van der Waals surface area contributed by atoms with Crippen LogP contribution < -0.4 is 10.0 Å². The van der Waals surface area contributed by atoms with Crippen molar-refractivity contribution < 1.29 is 13.2 Å². The summed E-state index contributed by atoms with van der Waals surface area (Å²) in [5.74, 6) is -0.389. The lowest BCUT2D eigenvalue weighted by Crippen LogP contribution is -2.15. The highest BCUT2D eigenvalue weighted by atomic mass is 35.5. The lowest BCUT2D eigenvalue weighted by Gasteiger charge is -2.11. The number of aryl methyl sites for hydroxylation is 1. The zero-order valence-electron chi connectivity index (χ0n) is 14.4. The molecule has 0 atom stereocenters. The van der Waals surface area contributed by atoms with Gasteiger partial charge in [-0.1, -0.05) is 47.5 Å². The van der Waals surface area contributed by atoms with Gasteiger partial charge in [-0.05, 0) is 49.4 Å². The molecule has 0 aliphatic rings. The van der Waals surface area contributed by atoms with E-state index in [1.807, 2.05) is 6.92 Å². The molecule has 0 saturated heterocycles. The van der Waals surface area contributed by atoms with Crippen LogP contribution >= 0.6 is 11.6 Å². The molecule has 0 spiro atoms. The molecule has 3 rings (SSSR count). The molecule has 138 valence electrons. The van der Waals surface area contributed by atoms with Crippen LogP contribution in [0.2, 0.25) is 5.02 Å². The van der Waals surface area contributed by atoms with Gasteiger partial charge in [0, 0.05) is 11.3 Å². The van der Waals surface area contributed by atoms with Crippen molar-refractivity contribution in [2.75, 3.05) is 10.0 Å². The van der Waals surface area contributed by atoms with E-state index in [9.17, 15) is 13.2 Å². The molecule has 7 heteroatoms. The van der Waals surface area contributed by atoms with Crippen LogP contribution in [0.4, 0.5) is 11.4 Å². The van der Waals surface area contributed by atoms with Crippen molar-refractivity contribution in [3.63, 3.8) is 0 Å². The summed E-state index contributed by atoms with van der Waals surface area (Å²) in [7, 11) is -3.74. The highest BCUT2D eigenvalue weighted by molar-refractivity contribution is 7.92. The smallest absolute Gasteiger partial charge is 0.261 e. The molecule has 3 aromatic rings. The summed E-state index contributed by atoms with van der Waals surface area (Å²) in [5, 5.41) is 3.12. The molecule has 0 fully saturated rings. The summed E-state index contributed by atoms with van der Waals surface area (Å²) >= 11 is 6.05. The van der Waals surface area contributed by atoms with Gasteiger partial charge in [-0.25, -0.2) is 8.42 Å². The summed E-state index contributed by atoms with van der Waals surface area (Å²) in [6.07, 6.45) is 0. The third-order valence-electron chi connectivity index (χ3n) is 3.83. The van der Waals surface area contributed by atoms with Crippen LogP contribution in [0.5, 0.6) is 0 Å². The number of amides is 1. The number of hydrogen-bond donors (Lipinski definition) is 2. The predicted molar refractivity (Wildman–Crippen MR) is 108 cm³/mol. The Labute approximate surface area is 163 Å². The Bertz CT molecular complexity index is 1080. The van der Waals surface area contributed by atoms with Gasteiger partial charge in [0.05, 0.1) is 15.6 Å². The van der Waals surface area contributed by atoms with E-state index in [4.69, 9.17) is 11.6 Å². The van der Waals surface area contributed by atoms with Crippen LogP contribution in [0, 0.1) is 6.92 Å². The molecule has 2 N–H and O–H groups in total. The molecule has 3 aromatic carbocycles. The third-order valence-corrected chi connectivity index (χ3v) is 5.56. The second-order valence-corrected chi connectivity index (χ2v) is 8.02. The lowest BCUT2D eigenvalue weighted by molar-refractivity contribution is 0.102. The third kappa shape index (κ3) is 4.67. The topological polar surface area (TPSA) is 75.3 Å². The summed E-state index contributed by atoms with van der Waals surface area (Å²) < 4.78 is 27.5. The quantitative estimate of drug-likeness (QED) is 0.651. The summed E-state index contributed by atoms with van der Waals surface area (Å²) in [5.41, 5.74) is 2.04. The van der Waals surface area contributed by atoms with Gasteiger partial charge in [0.25, 0.3) is 15.9 Å². The van der Waals surface area contributed by atoms with Crippen molar-refractivity contribution in [3.8, 4) is 0 Å². The number of rotatable bonds is 5. The highest BCUT2D eigenvalue weighted by Crippen LogP contribution is 2.22. The summed E-state index contributed by atoms with van der Waals surface area (Å²) in [4.78, 5) is 12.6. The average Bonchev–Trinajstić information content (AvgIpc) is 2.64. The van der Waals surface area contributed by atoms with Crippen molar-refractivity contribution in [1.82, 2.24) is 0 Å². The normalized spacial score (nSPS) is 11.0. The van der Waals surface area contributed by atoms with Crippen LogP contribution in [-0.4, -0.2) is 14.3 Å². The Morgan fingerprint density at radius 1 is 0.926 bits per heavy atom. The number of para-hydroxylation sites is 1. The minimum absolute atomic E-state index is 0.152. The van der Waals surface area contributed by atoms with E-state index < -0.39 is 10.0 Å². The SMILES string of the molecule is Cc1ccc(S(=O)(=O)Nc2cccc(C(=O)Nc3ccccc3Cl)c2)cc1. The molecule has 0 aliphatic heterocycles.